The van der Waals surface area contributed by atoms with E-state index in [4.69, 9.17) is 9.47 Å². The molecule has 0 bridgehead atoms. The fraction of sp³-hybridized carbons (Fsp3) is 0.500. The van der Waals surface area contributed by atoms with Crippen molar-refractivity contribution in [3.8, 4) is 0 Å². The molecule has 1 fully saturated rings. The van der Waals surface area contributed by atoms with Crippen LogP contribution in [0.1, 0.15) is 31.8 Å². The predicted molar refractivity (Wildman–Crippen MR) is 86.1 cm³/mol. The van der Waals surface area contributed by atoms with E-state index >= 15 is 0 Å². The molecule has 1 aliphatic heterocycles. The fourth-order valence-corrected chi connectivity index (χ4v) is 3.45. The van der Waals surface area contributed by atoms with E-state index in [1.165, 1.54) is 0 Å². The van der Waals surface area contributed by atoms with Gasteiger partial charge < -0.3 is 9.47 Å². The fourth-order valence-electron chi connectivity index (χ4n) is 2.38. The minimum Gasteiger partial charge on any atom is -0.444 e. The van der Waals surface area contributed by atoms with Crippen molar-refractivity contribution in [2.45, 2.75) is 32.4 Å². The molecule has 0 saturated carbocycles. The Balaban J connectivity index is 1.87. The number of ether oxygens (including phenoxy) is 2. The highest BCUT2D eigenvalue weighted by molar-refractivity contribution is 7.18. The Labute approximate surface area is 133 Å². The quantitative estimate of drug-likeness (QED) is 0.805. The lowest BCUT2D eigenvalue weighted by atomic mass is 10.2. The number of hydrogen-bond acceptors (Lipinski definition) is 5. The summed E-state index contributed by atoms with van der Waals surface area (Å²) in [6.07, 6.45) is -0.306. The van der Waals surface area contributed by atoms with Crippen LogP contribution in [0.2, 0.25) is 0 Å². The van der Waals surface area contributed by atoms with Crippen LogP contribution in [0.4, 0.5) is 4.79 Å². The first kappa shape index (κ1) is 15.2. The molecule has 2 heterocycles. The zero-order chi connectivity index (χ0) is 15.7. The smallest absolute Gasteiger partial charge is 0.411 e. The van der Waals surface area contributed by atoms with Gasteiger partial charge in [0.05, 0.1) is 23.4 Å². The van der Waals surface area contributed by atoms with Gasteiger partial charge in [-0.2, -0.15) is 0 Å². The van der Waals surface area contributed by atoms with Crippen LogP contribution in [-0.4, -0.2) is 41.3 Å². The second kappa shape index (κ2) is 5.85. The molecular formula is C16H20N2O3S. The van der Waals surface area contributed by atoms with Gasteiger partial charge in [-0.05, 0) is 32.9 Å². The molecule has 6 heteroatoms. The van der Waals surface area contributed by atoms with Gasteiger partial charge in [-0.3, -0.25) is 4.90 Å². The molecule has 0 N–H and O–H groups in total. The van der Waals surface area contributed by atoms with Crippen molar-refractivity contribution in [2.24, 2.45) is 0 Å². The summed E-state index contributed by atoms with van der Waals surface area (Å²) < 4.78 is 12.2. The minimum absolute atomic E-state index is 0.180. The number of morpholine rings is 1. The summed E-state index contributed by atoms with van der Waals surface area (Å²) in [4.78, 5) is 18.8. The van der Waals surface area contributed by atoms with Crippen LogP contribution >= 0.6 is 11.3 Å². The molecule has 0 unspecified atom stereocenters. The van der Waals surface area contributed by atoms with E-state index in [9.17, 15) is 4.79 Å². The number of carbonyl (C=O) groups excluding carboxylic acids is 1. The molecule has 0 aliphatic carbocycles. The van der Waals surface area contributed by atoms with Gasteiger partial charge >= 0.3 is 6.09 Å². The Kier molecular flexibility index (Phi) is 4.06. The summed E-state index contributed by atoms with van der Waals surface area (Å²) >= 11 is 1.60. The summed E-state index contributed by atoms with van der Waals surface area (Å²) in [6.45, 7) is 7.13. The van der Waals surface area contributed by atoms with Crippen molar-refractivity contribution in [1.82, 2.24) is 9.88 Å². The zero-order valence-corrected chi connectivity index (χ0v) is 13.9. The van der Waals surface area contributed by atoms with Gasteiger partial charge in [0.1, 0.15) is 16.7 Å². The number of aromatic nitrogens is 1. The molecule has 1 saturated heterocycles. The molecule has 5 nitrogen and oxygen atoms in total. The summed E-state index contributed by atoms with van der Waals surface area (Å²) in [5.41, 5.74) is 0.449. The van der Waals surface area contributed by atoms with Crippen molar-refractivity contribution < 1.29 is 14.3 Å². The maximum Gasteiger partial charge on any atom is 0.411 e. The van der Waals surface area contributed by atoms with E-state index < -0.39 is 5.60 Å². The number of rotatable bonds is 1. The molecule has 1 aromatic carbocycles. The second-order valence-electron chi connectivity index (χ2n) is 6.28. The van der Waals surface area contributed by atoms with Crippen LogP contribution in [0.25, 0.3) is 10.2 Å². The number of para-hydroxylation sites is 1. The van der Waals surface area contributed by atoms with Gasteiger partial charge in [0, 0.05) is 6.54 Å². The summed E-state index contributed by atoms with van der Waals surface area (Å²) in [7, 11) is 0. The maximum absolute atomic E-state index is 12.4. The third-order valence-corrected chi connectivity index (χ3v) is 4.49. The molecule has 22 heavy (non-hydrogen) atoms. The van der Waals surface area contributed by atoms with E-state index in [2.05, 4.69) is 4.98 Å². The number of thiazole rings is 1. The zero-order valence-electron chi connectivity index (χ0n) is 13.0. The Morgan fingerprint density at radius 3 is 2.91 bits per heavy atom. The van der Waals surface area contributed by atoms with Crippen LogP contribution in [-0.2, 0) is 9.47 Å². The maximum atomic E-state index is 12.4. The monoisotopic (exact) mass is 320 g/mol. The van der Waals surface area contributed by atoms with Gasteiger partial charge in [-0.1, -0.05) is 12.1 Å². The Morgan fingerprint density at radius 1 is 1.41 bits per heavy atom. The molecule has 0 spiro atoms. The van der Waals surface area contributed by atoms with Gasteiger partial charge in [-0.15, -0.1) is 11.3 Å². The van der Waals surface area contributed by atoms with E-state index in [1.807, 2.05) is 45.0 Å². The van der Waals surface area contributed by atoms with Crippen LogP contribution in [0.15, 0.2) is 24.3 Å². The molecule has 118 valence electrons. The first-order valence-corrected chi connectivity index (χ1v) is 8.18. The summed E-state index contributed by atoms with van der Waals surface area (Å²) in [5, 5.41) is 0.895. The van der Waals surface area contributed by atoms with Crippen LogP contribution in [0.5, 0.6) is 0 Å². The number of fused-ring (bicyclic) bond motifs is 1. The number of nitrogens with zero attached hydrogens (tertiary/aromatic N) is 2. The van der Waals surface area contributed by atoms with Crippen molar-refractivity contribution in [1.29, 1.82) is 0 Å². The highest BCUT2D eigenvalue weighted by atomic mass is 32.1. The van der Waals surface area contributed by atoms with Gasteiger partial charge in [0.25, 0.3) is 0 Å². The molecule has 1 aromatic heterocycles. The third-order valence-electron chi connectivity index (χ3n) is 3.35. The van der Waals surface area contributed by atoms with Gasteiger partial charge in [0.2, 0.25) is 0 Å². The van der Waals surface area contributed by atoms with Gasteiger partial charge in [-0.25, -0.2) is 9.78 Å². The van der Waals surface area contributed by atoms with E-state index in [1.54, 1.807) is 16.2 Å². The summed E-state index contributed by atoms with van der Waals surface area (Å²) in [5.74, 6) is 0. The normalized spacial score (nSPS) is 19.4. The first-order chi connectivity index (χ1) is 10.4. The highest BCUT2D eigenvalue weighted by Crippen LogP contribution is 2.32. The standard InChI is InChI=1S/C16H20N2O3S/c1-16(2,3)21-15(19)18-8-9-20-10-12(18)14-17-11-6-4-5-7-13(11)22-14/h4-7,12H,8-10H2,1-3H3/t12-/m0/s1. The average Bonchev–Trinajstić information content (AvgIpc) is 2.89. The first-order valence-electron chi connectivity index (χ1n) is 7.37. The second-order valence-corrected chi connectivity index (χ2v) is 7.35. The number of hydrogen-bond donors (Lipinski definition) is 0. The molecule has 1 aliphatic rings. The van der Waals surface area contributed by atoms with E-state index in [0.29, 0.717) is 19.8 Å². The lowest BCUT2D eigenvalue weighted by Gasteiger charge is -2.35. The van der Waals surface area contributed by atoms with Crippen molar-refractivity contribution in [2.75, 3.05) is 19.8 Å². The molecule has 3 rings (SSSR count). The van der Waals surface area contributed by atoms with Crippen molar-refractivity contribution >= 4 is 27.6 Å². The Hall–Kier alpha value is -1.66. The number of benzene rings is 1. The van der Waals surface area contributed by atoms with E-state index in [0.717, 1.165) is 15.2 Å². The SMILES string of the molecule is CC(C)(C)OC(=O)N1CCOC[C@H]1c1nc2ccccc2s1. The van der Waals surface area contributed by atoms with Crippen molar-refractivity contribution in [3.63, 3.8) is 0 Å². The lowest BCUT2D eigenvalue weighted by Crippen LogP contribution is -2.45. The van der Waals surface area contributed by atoms with Crippen LogP contribution in [0.3, 0.4) is 0 Å². The summed E-state index contributed by atoms with van der Waals surface area (Å²) in [6, 6.07) is 7.80. The number of carbonyl (C=O) groups is 1. The highest BCUT2D eigenvalue weighted by Gasteiger charge is 2.33. The Morgan fingerprint density at radius 2 is 2.18 bits per heavy atom. The largest absolute Gasteiger partial charge is 0.444 e. The molecule has 1 atom stereocenters. The predicted octanol–water partition coefficient (Wildman–Crippen LogP) is 3.60. The topological polar surface area (TPSA) is 51.7 Å². The minimum atomic E-state index is -0.506. The van der Waals surface area contributed by atoms with Crippen molar-refractivity contribution in [3.05, 3.63) is 29.3 Å². The van der Waals surface area contributed by atoms with E-state index in [-0.39, 0.29) is 12.1 Å². The lowest BCUT2D eigenvalue weighted by molar-refractivity contribution is -0.0331. The van der Waals surface area contributed by atoms with Crippen LogP contribution in [0, 0.1) is 0 Å². The third kappa shape index (κ3) is 3.23. The molecule has 0 radical (unpaired) electrons. The number of amides is 1. The van der Waals surface area contributed by atoms with Crippen LogP contribution < -0.4 is 0 Å². The average molecular weight is 320 g/mol. The molecule has 1 amide bonds. The Bertz CT molecular complexity index is 644. The molecular weight excluding hydrogens is 300 g/mol. The van der Waals surface area contributed by atoms with Gasteiger partial charge in [0.15, 0.2) is 0 Å². The molecule has 2 aromatic rings.